The van der Waals surface area contributed by atoms with Gasteiger partial charge in [-0.05, 0) is 26.0 Å². The van der Waals surface area contributed by atoms with Crippen LogP contribution in [0.25, 0.3) is 5.78 Å². The Morgan fingerprint density at radius 1 is 1.29 bits per heavy atom. The second kappa shape index (κ2) is 5.57. The van der Waals surface area contributed by atoms with Crippen LogP contribution in [0.1, 0.15) is 12.5 Å². The highest BCUT2D eigenvalue weighted by molar-refractivity contribution is 6.30. The van der Waals surface area contributed by atoms with E-state index in [2.05, 4.69) is 15.1 Å². The van der Waals surface area contributed by atoms with Gasteiger partial charge < -0.3 is 9.47 Å². The lowest BCUT2D eigenvalue weighted by Gasteiger charge is -2.11. The Labute approximate surface area is 126 Å². The molecule has 21 heavy (non-hydrogen) atoms. The van der Waals surface area contributed by atoms with Gasteiger partial charge in [-0.2, -0.15) is 19.6 Å². The summed E-state index contributed by atoms with van der Waals surface area (Å²) in [6, 6.07) is 7.36. The lowest BCUT2D eigenvalue weighted by molar-refractivity contribution is 0.337. The van der Waals surface area contributed by atoms with E-state index in [-0.39, 0.29) is 0 Å². The highest BCUT2D eigenvalue weighted by atomic mass is 35.5. The van der Waals surface area contributed by atoms with Crippen molar-refractivity contribution >= 4 is 17.4 Å². The van der Waals surface area contributed by atoms with E-state index < -0.39 is 0 Å². The second-order valence-corrected chi connectivity index (χ2v) is 4.67. The van der Waals surface area contributed by atoms with Crippen molar-refractivity contribution in [2.24, 2.45) is 0 Å². The van der Waals surface area contributed by atoms with E-state index in [1.54, 1.807) is 6.07 Å². The molecule has 0 aliphatic carbocycles. The molecule has 3 aromatic rings. The molecule has 0 aliphatic heterocycles. The summed E-state index contributed by atoms with van der Waals surface area (Å²) >= 11 is 6.10. The van der Waals surface area contributed by atoms with E-state index >= 15 is 0 Å². The molecule has 1 aromatic carbocycles. The zero-order valence-corrected chi connectivity index (χ0v) is 12.3. The van der Waals surface area contributed by atoms with E-state index in [4.69, 9.17) is 21.1 Å². The lowest BCUT2D eigenvalue weighted by Crippen LogP contribution is -2.01. The Bertz CT molecular complexity index is 788. The van der Waals surface area contributed by atoms with Crippen LogP contribution >= 0.6 is 11.6 Å². The lowest BCUT2D eigenvalue weighted by atomic mass is 10.3. The summed E-state index contributed by atoms with van der Waals surface area (Å²) in [4.78, 5) is 8.16. The monoisotopic (exact) mass is 304 g/mol. The molecule has 0 saturated carbocycles. The number of hydrogen-bond donors (Lipinski definition) is 0. The smallest absolute Gasteiger partial charge is 0.256 e. The molecular formula is C14H13ClN4O2. The summed E-state index contributed by atoms with van der Waals surface area (Å²) in [6.07, 6.45) is 1.40. The van der Waals surface area contributed by atoms with Crippen LogP contribution in [-0.2, 0) is 0 Å². The van der Waals surface area contributed by atoms with Crippen LogP contribution < -0.4 is 9.47 Å². The molecule has 0 amide bonds. The van der Waals surface area contributed by atoms with Crippen molar-refractivity contribution in [3.05, 3.63) is 41.3 Å². The number of ether oxygens (including phenoxy) is 2. The van der Waals surface area contributed by atoms with Gasteiger partial charge in [-0.25, -0.2) is 0 Å². The third-order valence-electron chi connectivity index (χ3n) is 2.88. The Morgan fingerprint density at radius 2 is 2.10 bits per heavy atom. The molecule has 0 radical (unpaired) electrons. The third kappa shape index (κ3) is 2.62. The molecule has 0 fully saturated rings. The zero-order chi connectivity index (χ0) is 14.8. The highest BCUT2D eigenvalue weighted by Crippen LogP contribution is 2.30. The van der Waals surface area contributed by atoms with Gasteiger partial charge in [0.1, 0.15) is 23.0 Å². The normalized spacial score (nSPS) is 10.8. The van der Waals surface area contributed by atoms with Crippen molar-refractivity contribution in [3.63, 3.8) is 0 Å². The number of hydrogen-bond acceptors (Lipinski definition) is 5. The summed E-state index contributed by atoms with van der Waals surface area (Å²) in [5.74, 6) is 2.24. The maximum Gasteiger partial charge on any atom is 0.256 e. The van der Waals surface area contributed by atoms with Gasteiger partial charge in [0.25, 0.3) is 5.78 Å². The largest absolute Gasteiger partial charge is 0.494 e. The molecule has 0 aliphatic rings. The standard InChI is InChI=1S/C14H13ClN4O2/c1-3-20-10-5-4-6-11(7-10)21-13-9(2)12(15)18-14-16-8-17-19(13)14/h4-8H,3H2,1-2H3. The van der Waals surface area contributed by atoms with E-state index in [0.29, 0.717) is 34.7 Å². The highest BCUT2D eigenvalue weighted by Gasteiger charge is 2.14. The second-order valence-electron chi connectivity index (χ2n) is 4.31. The number of fused-ring (bicyclic) bond motifs is 1. The quantitative estimate of drug-likeness (QED) is 0.692. The van der Waals surface area contributed by atoms with Gasteiger partial charge in [-0.15, -0.1) is 0 Å². The molecule has 108 valence electrons. The fourth-order valence-electron chi connectivity index (χ4n) is 1.90. The van der Waals surface area contributed by atoms with Crippen LogP contribution in [0, 0.1) is 6.92 Å². The first-order valence-corrected chi connectivity index (χ1v) is 6.83. The van der Waals surface area contributed by atoms with Gasteiger partial charge in [0.2, 0.25) is 5.88 Å². The molecule has 0 saturated heterocycles. The van der Waals surface area contributed by atoms with Gasteiger partial charge in [0, 0.05) is 11.6 Å². The van der Waals surface area contributed by atoms with E-state index in [1.807, 2.05) is 32.0 Å². The Balaban J connectivity index is 2.03. The van der Waals surface area contributed by atoms with Crippen molar-refractivity contribution < 1.29 is 9.47 Å². The number of nitrogens with zero attached hydrogens (tertiary/aromatic N) is 4. The first kappa shape index (κ1) is 13.6. The van der Waals surface area contributed by atoms with Crippen LogP contribution in [0.2, 0.25) is 5.15 Å². The summed E-state index contributed by atoms with van der Waals surface area (Å²) in [5, 5.41) is 4.44. The first-order chi connectivity index (χ1) is 10.2. The van der Waals surface area contributed by atoms with Gasteiger partial charge >= 0.3 is 0 Å². The predicted molar refractivity (Wildman–Crippen MR) is 78.2 cm³/mol. The van der Waals surface area contributed by atoms with Crippen LogP contribution in [0.4, 0.5) is 0 Å². The van der Waals surface area contributed by atoms with Crippen LogP contribution in [0.5, 0.6) is 17.4 Å². The van der Waals surface area contributed by atoms with Crippen LogP contribution in [-0.4, -0.2) is 26.2 Å². The number of rotatable bonds is 4. The molecule has 6 nitrogen and oxygen atoms in total. The molecule has 0 atom stereocenters. The van der Waals surface area contributed by atoms with Crippen molar-refractivity contribution in [1.82, 2.24) is 19.6 Å². The van der Waals surface area contributed by atoms with E-state index in [1.165, 1.54) is 10.8 Å². The Morgan fingerprint density at radius 3 is 2.90 bits per heavy atom. The number of halogens is 1. The van der Waals surface area contributed by atoms with E-state index in [9.17, 15) is 0 Å². The fraction of sp³-hybridized carbons (Fsp3) is 0.214. The van der Waals surface area contributed by atoms with Crippen molar-refractivity contribution in [3.8, 4) is 17.4 Å². The summed E-state index contributed by atoms with van der Waals surface area (Å²) in [6.45, 7) is 4.34. The maximum absolute atomic E-state index is 6.10. The SMILES string of the molecule is CCOc1cccc(Oc2c(C)c(Cl)nc3ncnn23)c1. The minimum atomic E-state index is 0.339. The molecule has 7 heteroatoms. The van der Waals surface area contributed by atoms with Crippen molar-refractivity contribution in [2.75, 3.05) is 6.61 Å². The predicted octanol–water partition coefficient (Wildman–Crippen LogP) is 3.28. The minimum absolute atomic E-state index is 0.339. The summed E-state index contributed by atoms with van der Waals surface area (Å²) in [7, 11) is 0. The van der Waals surface area contributed by atoms with Gasteiger partial charge in [-0.1, -0.05) is 17.7 Å². The Hall–Kier alpha value is -2.34. The fourth-order valence-corrected chi connectivity index (χ4v) is 2.06. The molecule has 0 bridgehead atoms. The van der Waals surface area contributed by atoms with Gasteiger partial charge in [0.15, 0.2) is 0 Å². The first-order valence-electron chi connectivity index (χ1n) is 6.45. The molecule has 0 unspecified atom stereocenters. The topological polar surface area (TPSA) is 61.5 Å². The molecular weight excluding hydrogens is 292 g/mol. The number of benzene rings is 1. The van der Waals surface area contributed by atoms with E-state index in [0.717, 1.165) is 5.75 Å². The molecule has 2 aromatic heterocycles. The molecule has 0 N–H and O–H groups in total. The summed E-state index contributed by atoms with van der Waals surface area (Å²) in [5.41, 5.74) is 0.691. The Kier molecular flexibility index (Phi) is 3.62. The number of aromatic nitrogens is 4. The van der Waals surface area contributed by atoms with Crippen molar-refractivity contribution in [1.29, 1.82) is 0 Å². The van der Waals surface area contributed by atoms with Gasteiger partial charge in [0.05, 0.1) is 6.61 Å². The molecule has 2 heterocycles. The zero-order valence-electron chi connectivity index (χ0n) is 11.6. The molecule has 3 rings (SSSR count). The average Bonchev–Trinajstić information content (AvgIpc) is 2.92. The van der Waals surface area contributed by atoms with Gasteiger partial charge in [-0.3, -0.25) is 0 Å². The minimum Gasteiger partial charge on any atom is -0.494 e. The van der Waals surface area contributed by atoms with Crippen LogP contribution in [0.15, 0.2) is 30.6 Å². The average molecular weight is 305 g/mol. The van der Waals surface area contributed by atoms with Crippen molar-refractivity contribution in [2.45, 2.75) is 13.8 Å². The van der Waals surface area contributed by atoms with Crippen LogP contribution in [0.3, 0.4) is 0 Å². The molecule has 0 spiro atoms. The maximum atomic E-state index is 6.10. The third-order valence-corrected chi connectivity index (χ3v) is 3.25. The summed E-state index contributed by atoms with van der Waals surface area (Å²) < 4.78 is 12.9.